The van der Waals surface area contributed by atoms with E-state index >= 15 is 0 Å². The molecule has 0 aliphatic heterocycles. The van der Waals surface area contributed by atoms with Crippen molar-refractivity contribution in [3.05, 3.63) is 59.7 Å². The highest BCUT2D eigenvalue weighted by atomic mass is 16.2. The summed E-state index contributed by atoms with van der Waals surface area (Å²) >= 11 is 0. The summed E-state index contributed by atoms with van der Waals surface area (Å²) in [7, 11) is 1.00. The van der Waals surface area contributed by atoms with Gasteiger partial charge in [-0.2, -0.15) is 5.26 Å². The Morgan fingerprint density at radius 1 is 1.31 bits per heavy atom. The molecule has 0 heterocycles. The second-order valence-electron chi connectivity index (χ2n) is 7.70. The molecule has 1 aliphatic carbocycles. The van der Waals surface area contributed by atoms with Gasteiger partial charge in [0.05, 0.1) is 11.6 Å². The Morgan fingerprint density at radius 3 is 2.38 bits per heavy atom. The summed E-state index contributed by atoms with van der Waals surface area (Å²) in [5, 5.41) is 16.1. The molecule has 1 aliphatic rings. The Hall–Kier alpha value is -1.85. The first-order chi connectivity index (χ1) is 12.3. The molecule has 2 heteroatoms. The van der Waals surface area contributed by atoms with Gasteiger partial charge in [0.2, 0.25) is 0 Å². The van der Waals surface area contributed by atoms with E-state index in [0.717, 1.165) is 19.1 Å². The molecule has 0 saturated heterocycles. The molecule has 0 fully saturated rings. The summed E-state index contributed by atoms with van der Waals surface area (Å²) in [5.74, 6) is 0.576. The van der Waals surface area contributed by atoms with Crippen LogP contribution in [0.2, 0.25) is 0 Å². The zero-order valence-electron chi connectivity index (χ0n) is 17.8. The van der Waals surface area contributed by atoms with Gasteiger partial charge in [-0.15, -0.1) is 6.58 Å². The number of rotatable bonds is 4. The van der Waals surface area contributed by atoms with Crippen LogP contribution in [0.5, 0.6) is 0 Å². The van der Waals surface area contributed by atoms with Crippen LogP contribution in [0.4, 0.5) is 0 Å². The van der Waals surface area contributed by atoms with Crippen LogP contribution in [0.3, 0.4) is 0 Å². The van der Waals surface area contributed by atoms with Crippen molar-refractivity contribution in [1.29, 1.82) is 5.26 Å². The third-order valence-corrected chi connectivity index (χ3v) is 5.10. The van der Waals surface area contributed by atoms with Gasteiger partial charge in [0.15, 0.2) is 0 Å². The van der Waals surface area contributed by atoms with E-state index in [9.17, 15) is 0 Å². The van der Waals surface area contributed by atoms with E-state index in [0.29, 0.717) is 5.92 Å². The third kappa shape index (κ3) is 6.81. The lowest BCUT2D eigenvalue weighted by Crippen LogP contribution is -2.29. The van der Waals surface area contributed by atoms with Crippen LogP contribution >= 0.6 is 0 Å². The molecule has 26 heavy (non-hydrogen) atoms. The summed E-state index contributed by atoms with van der Waals surface area (Å²) in [5.41, 5.74) is 3.56. The fraction of sp³-hybridized carbons (Fsp3) is 0.542. The molecule has 1 aromatic rings. The molecule has 0 saturated carbocycles. The van der Waals surface area contributed by atoms with Crippen molar-refractivity contribution in [3.63, 3.8) is 0 Å². The van der Waals surface area contributed by atoms with Gasteiger partial charge < -0.3 is 5.11 Å². The summed E-state index contributed by atoms with van der Waals surface area (Å²) in [6, 6.07) is 8.47. The standard InChI is InChI=1S/C21H27N.C2H6.CH4O/c1-6-21(5)9-7-19(8-10-21)20(3,4)14-17-11-16(2)12-18(13-17)15-22;2*1-2/h6-7,9,11-13,19H,1,8,10,14H2,2-5H3;1-2H3;2H,1H3. The number of nitriles is 1. The second kappa shape index (κ2) is 11.0. The SMILES string of the molecule is C=CC1(C)C=CC(C(C)(C)Cc2cc(C)cc(C#N)c2)CC1.CC.CO. The van der Waals surface area contributed by atoms with Crippen LogP contribution in [0.1, 0.15) is 64.2 Å². The van der Waals surface area contributed by atoms with Gasteiger partial charge in [-0.3, -0.25) is 0 Å². The third-order valence-electron chi connectivity index (χ3n) is 5.10. The molecule has 0 bridgehead atoms. The predicted molar refractivity (Wildman–Crippen MR) is 113 cm³/mol. The number of hydrogen-bond donors (Lipinski definition) is 1. The molecule has 2 atom stereocenters. The number of aryl methyl sites for hydroxylation is 1. The lowest BCUT2D eigenvalue weighted by molar-refractivity contribution is 0.215. The van der Waals surface area contributed by atoms with Crippen LogP contribution in [-0.4, -0.2) is 12.2 Å². The molecular weight excluding hydrogens is 318 g/mol. The second-order valence-corrected chi connectivity index (χ2v) is 7.70. The average Bonchev–Trinajstić information content (AvgIpc) is 2.64. The maximum Gasteiger partial charge on any atom is 0.0991 e. The largest absolute Gasteiger partial charge is 0.400 e. The predicted octanol–water partition coefficient (Wildman–Crippen LogP) is 6.23. The number of nitrogens with zero attached hydrogens (tertiary/aromatic N) is 1. The highest BCUT2D eigenvalue weighted by Gasteiger charge is 2.33. The van der Waals surface area contributed by atoms with Crippen molar-refractivity contribution in [1.82, 2.24) is 0 Å². The summed E-state index contributed by atoms with van der Waals surface area (Å²) in [4.78, 5) is 0. The van der Waals surface area contributed by atoms with E-state index < -0.39 is 0 Å². The quantitative estimate of drug-likeness (QED) is 0.651. The zero-order chi connectivity index (χ0) is 20.4. The van der Waals surface area contributed by atoms with Gasteiger partial charge in [-0.25, -0.2) is 0 Å². The number of hydrogen-bond acceptors (Lipinski definition) is 2. The Morgan fingerprint density at radius 2 is 1.92 bits per heavy atom. The van der Waals surface area contributed by atoms with Crippen molar-refractivity contribution in [2.24, 2.45) is 16.7 Å². The number of aliphatic hydroxyl groups excluding tert-OH is 1. The topological polar surface area (TPSA) is 44.0 Å². The Bertz CT molecular complexity index is 636. The minimum Gasteiger partial charge on any atom is -0.400 e. The van der Waals surface area contributed by atoms with Gasteiger partial charge in [-0.05, 0) is 60.8 Å². The minimum atomic E-state index is 0.157. The fourth-order valence-electron chi connectivity index (χ4n) is 3.49. The molecular formula is C24H37NO. The van der Waals surface area contributed by atoms with Crippen LogP contribution < -0.4 is 0 Å². The van der Waals surface area contributed by atoms with Crippen molar-refractivity contribution < 1.29 is 5.11 Å². The molecule has 1 aromatic carbocycles. The molecule has 1 N–H and O–H groups in total. The molecule has 2 nitrogen and oxygen atoms in total. The van der Waals surface area contributed by atoms with Gasteiger partial charge >= 0.3 is 0 Å². The molecule has 0 radical (unpaired) electrons. The van der Waals surface area contributed by atoms with E-state index in [1.54, 1.807) is 0 Å². The molecule has 0 spiro atoms. The molecule has 0 amide bonds. The van der Waals surface area contributed by atoms with Gasteiger partial charge in [0.25, 0.3) is 0 Å². The monoisotopic (exact) mass is 355 g/mol. The first-order valence-electron chi connectivity index (χ1n) is 9.56. The lowest BCUT2D eigenvalue weighted by atomic mass is 9.66. The van der Waals surface area contributed by atoms with Crippen LogP contribution in [0.15, 0.2) is 43.0 Å². The van der Waals surface area contributed by atoms with E-state index in [1.165, 1.54) is 24.0 Å². The first kappa shape index (κ1) is 24.1. The van der Waals surface area contributed by atoms with E-state index in [2.05, 4.69) is 64.6 Å². The molecule has 0 aromatic heterocycles. The summed E-state index contributed by atoms with van der Waals surface area (Å²) < 4.78 is 0. The maximum atomic E-state index is 9.15. The average molecular weight is 356 g/mol. The van der Waals surface area contributed by atoms with Crippen molar-refractivity contribution in [2.45, 2.75) is 60.8 Å². The molecule has 2 unspecified atom stereocenters. The smallest absolute Gasteiger partial charge is 0.0991 e. The van der Waals surface area contributed by atoms with Gasteiger partial charge in [0, 0.05) is 12.5 Å². The Labute approximate surface area is 161 Å². The minimum absolute atomic E-state index is 0.157. The molecule has 144 valence electrons. The van der Waals surface area contributed by atoms with E-state index in [4.69, 9.17) is 10.4 Å². The van der Waals surface area contributed by atoms with Gasteiger partial charge in [0.1, 0.15) is 0 Å². The van der Waals surface area contributed by atoms with E-state index in [-0.39, 0.29) is 10.8 Å². The number of aliphatic hydroxyl groups is 1. The van der Waals surface area contributed by atoms with Crippen LogP contribution in [-0.2, 0) is 6.42 Å². The Kier molecular flexibility index (Phi) is 10.2. The van der Waals surface area contributed by atoms with E-state index in [1.807, 2.05) is 26.0 Å². The first-order valence-corrected chi connectivity index (χ1v) is 9.56. The number of allylic oxidation sites excluding steroid dienone is 3. The zero-order valence-corrected chi connectivity index (χ0v) is 17.8. The Balaban J connectivity index is 0.00000146. The lowest BCUT2D eigenvalue weighted by Gasteiger charge is -2.38. The maximum absolute atomic E-state index is 9.15. The number of benzene rings is 1. The highest BCUT2D eigenvalue weighted by molar-refractivity contribution is 5.37. The fourth-order valence-corrected chi connectivity index (χ4v) is 3.49. The normalized spacial score (nSPS) is 21.4. The van der Waals surface area contributed by atoms with Crippen molar-refractivity contribution >= 4 is 0 Å². The molecule has 2 rings (SSSR count). The summed E-state index contributed by atoms with van der Waals surface area (Å²) in [6.45, 7) is 17.0. The van der Waals surface area contributed by atoms with Crippen LogP contribution in [0, 0.1) is 35.0 Å². The van der Waals surface area contributed by atoms with Gasteiger partial charge in [-0.1, -0.05) is 58.9 Å². The summed E-state index contributed by atoms with van der Waals surface area (Å²) in [6.07, 6.45) is 10.1. The van der Waals surface area contributed by atoms with Crippen molar-refractivity contribution in [3.8, 4) is 6.07 Å². The van der Waals surface area contributed by atoms with Crippen LogP contribution in [0.25, 0.3) is 0 Å². The highest BCUT2D eigenvalue weighted by Crippen LogP contribution is 2.42. The van der Waals surface area contributed by atoms with Crippen molar-refractivity contribution in [2.75, 3.05) is 7.11 Å².